The smallest absolute Gasteiger partial charge is 0.262 e. The zero-order chi connectivity index (χ0) is 18.8. The van der Waals surface area contributed by atoms with Crippen molar-refractivity contribution in [2.75, 3.05) is 5.75 Å². The molecule has 0 saturated carbocycles. The number of aromatic nitrogens is 2. The Hall–Kier alpha value is -2.38. The van der Waals surface area contributed by atoms with Crippen LogP contribution in [-0.2, 0) is 11.3 Å². The van der Waals surface area contributed by atoms with Crippen LogP contribution in [0.4, 0.5) is 0 Å². The molecule has 0 radical (unpaired) electrons. The van der Waals surface area contributed by atoms with Gasteiger partial charge >= 0.3 is 0 Å². The van der Waals surface area contributed by atoms with E-state index in [4.69, 9.17) is 12.2 Å². The molecular formula is C20H19N3O2S2. The van der Waals surface area contributed by atoms with Crippen molar-refractivity contribution >= 4 is 40.8 Å². The summed E-state index contributed by atoms with van der Waals surface area (Å²) in [6, 6.07) is 15.4. The molecule has 138 valence electrons. The summed E-state index contributed by atoms with van der Waals surface area (Å²) in [4.78, 5) is 29.4. The predicted octanol–water partition coefficient (Wildman–Crippen LogP) is 3.80. The normalized spacial score (nSPS) is 16.1. The molecule has 2 N–H and O–H groups in total. The highest BCUT2D eigenvalue weighted by Gasteiger charge is 2.21. The number of hydrogen-bond acceptors (Lipinski definition) is 4. The lowest BCUT2D eigenvalue weighted by atomic mass is 10.0. The third-order valence-electron chi connectivity index (χ3n) is 4.75. The van der Waals surface area contributed by atoms with Gasteiger partial charge in [0.1, 0.15) is 0 Å². The van der Waals surface area contributed by atoms with Gasteiger partial charge in [-0.1, -0.05) is 30.3 Å². The van der Waals surface area contributed by atoms with Crippen molar-refractivity contribution in [2.45, 2.75) is 30.3 Å². The molecule has 1 aromatic heterocycles. The van der Waals surface area contributed by atoms with E-state index in [0.717, 1.165) is 12.2 Å². The zero-order valence-electron chi connectivity index (χ0n) is 14.6. The lowest BCUT2D eigenvalue weighted by Gasteiger charge is -2.26. The number of carbonyl (C=O) groups is 1. The second-order valence-electron chi connectivity index (χ2n) is 6.48. The van der Waals surface area contributed by atoms with E-state index in [0.29, 0.717) is 15.7 Å². The minimum absolute atomic E-state index is 0.0257. The number of H-pyrrole nitrogens is 1. The van der Waals surface area contributed by atoms with Crippen molar-refractivity contribution in [3.05, 3.63) is 69.2 Å². The second-order valence-corrected chi connectivity index (χ2v) is 8.00. The Balaban J connectivity index is 1.49. The van der Waals surface area contributed by atoms with Gasteiger partial charge in [-0.15, -0.1) is 11.8 Å². The highest BCUT2D eigenvalue weighted by Crippen LogP contribution is 2.35. The molecular weight excluding hydrogens is 378 g/mol. The van der Waals surface area contributed by atoms with Gasteiger partial charge in [0.15, 0.2) is 4.77 Å². The molecule has 1 aliphatic rings. The van der Waals surface area contributed by atoms with Crippen LogP contribution >= 0.6 is 24.0 Å². The van der Waals surface area contributed by atoms with E-state index in [1.54, 1.807) is 6.07 Å². The Morgan fingerprint density at radius 1 is 1.22 bits per heavy atom. The summed E-state index contributed by atoms with van der Waals surface area (Å²) >= 11 is 7.13. The maximum Gasteiger partial charge on any atom is 0.262 e. The van der Waals surface area contributed by atoms with Crippen LogP contribution in [0.15, 0.2) is 58.2 Å². The Morgan fingerprint density at radius 3 is 2.89 bits per heavy atom. The quantitative estimate of drug-likeness (QED) is 0.657. The summed E-state index contributed by atoms with van der Waals surface area (Å²) < 4.78 is 1.80. The van der Waals surface area contributed by atoms with E-state index in [1.807, 2.05) is 42.1 Å². The van der Waals surface area contributed by atoms with Gasteiger partial charge in [0.05, 0.1) is 16.9 Å². The number of rotatable bonds is 4. The number of para-hydroxylation sites is 1. The van der Waals surface area contributed by atoms with E-state index in [1.165, 1.54) is 15.0 Å². The van der Waals surface area contributed by atoms with Gasteiger partial charge in [0.2, 0.25) is 5.91 Å². The average molecular weight is 398 g/mol. The van der Waals surface area contributed by atoms with Gasteiger partial charge in [0.25, 0.3) is 5.56 Å². The largest absolute Gasteiger partial charge is 0.349 e. The number of hydrogen-bond donors (Lipinski definition) is 2. The van der Waals surface area contributed by atoms with E-state index < -0.39 is 0 Å². The SMILES string of the molecule is O=C(CCn1c(=S)[nH]c2ccccc2c1=O)NC1CCSc2ccccc21. The lowest BCUT2D eigenvalue weighted by Crippen LogP contribution is -2.32. The Bertz CT molecular complexity index is 1120. The van der Waals surface area contributed by atoms with Gasteiger partial charge in [-0.05, 0) is 42.4 Å². The highest BCUT2D eigenvalue weighted by molar-refractivity contribution is 7.99. The first-order valence-corrected chi connectivity index (χ1v) is 10.3. The van der Waals surface area contributed by atoms with Crippen LogP contribution in [0, 0.1) is 4.77 Å². The van der Waals surface area contributed by atoms with Crippen molar-refractivity contribution in [2.24, 2.45) is 0 Å². The predicted molar refractivity (Wildman–Crippen MR) is 111 cm³/mol. The molecule has 5 nitrogen and oxygen atoms in total. The molecule has 7 heteroatoms. The van der Waals surface area contributed by atoms with Crippen molar-refractivity contribution in [3.8, 4) is 0 Å². The lowest BCUT2D eigenvalue weighted by molar-refractivity contribution is -0.122. The van der Waals surface area contributed by atoms with Crippen LogP contribution in [0.5, 0.6) is 0 Å². The van der Waals surface area contributed by atoms with Crippen molar-refractivity contribution < 1.29 is 4.79 Å². The van der Waals surface area contributed by atoms with Crippen LogP contribution in [0.25, 0.3) is 10.9 Å². The number of carbonyl (C=O) groups excluding carboxylic acids is 1. The molecule has 2 aromatic carbocycles. The van der Waals surface area contributed by atoms with Crippen molar-refractivity contribution in [1.82, 2.24) is 14.9 Å². The fraction of sp³-hybridized carbons (Fsp3) is 0.250. The first-order chi connectivity index (χ1) is 13.1. The van der Waals surface area contributed by atoms with E-state index in [9.17, 15) is 9.59 Å². The third-order valence-corrected chi connectivity index (χ3v) is 6.19. The molecule has 1 atom stereocenters. The summed E-state index contributed by atoms with van der Waals surface area (Å²) in [6.45, 7) is 0.258. The van der Waals surface area contributed by atoms with Gasteiger partial charge in [-0.25, -0.2) is 0 Å². The molecule has 0 saturated heterocycles. The molecule has 0 bridgehead atoms. The molecule has 4 rings (SSSR count). The molecule has 0 aliphatic carbocycles. The highest BCUT2D eigenvalue weighted by atomic mass is 32.2. The van der Waals surface area contributed by atoms with Crippen LogP contribution in [0.3, 0.4) is 0 Å². The van der Waals surface area contributed by atoms with Crippen LogP contribution in [0.2, 0.25) is 0 Å². The number of nitrogens with one attached hydrogen (secondary N) is 2. The first kappa shape index (κ1) is 18.0. The second kappa shape index (κ2) is 7.70. The van der Waals surface area contributed by atoms with Crippen molar-refractivity contribution in [3.63, 3.8) is 0 Å². The minimum Gasteiger partial charge on any atom is -0.349 e. The summed E-state index contributed by atoms with van der Waals surface area (Å²) in [5, 5.41) is 3.68. The van der Waals surface area contributed by atoms with Gasteiger partial charge < -0.3 is 10.3 Å². The number of fused-ring (bicyclic) bond motifs is 2. The number of thioether (sulfide) groups is 1. The standard InChI is InChI=1S/C20H19N3O2S2/c24-18(21-16-10-12-27-17-8-4-2-5-13(16)17)9-11-23-19(25)14-6-1-3-7-15(14)22-20(23)26/h1-8,16H,9-12H2,(H,21,24)(H,22,26). The summed E-state index contributed by atoms with van der Waals surface area (Å²) in [5.74, 6) is 0.910. The van der Waals surface area contributed by atoms with E-state index >= 15 is 0 Å². The number of benzene rings is 2. The molecule has 3 aromatic rings. The maximum atomic E-state index is 12.7. The minimum atomic E-state index is -0.165. The Kier molecular flexibility index (Phi) is 5.13. The van der Waals surface area contributed by atoms with Crippen LogP contribution < -0.4 is 10.9 Å². The first-order valence-electron chi connectivity index (χ1n) is 8.86. The van der Waals surface area contributed by atoms with Crippen molar-refractivity contribution in [1.29, 1.82) is 0 Å². The van der Waals surface area contributed by atoms with E-state index in [2.05, 4.69) is 22.4 Å². The third kappa shape index (κ3) is 3.70. The van der Waals surface area contributed by atoms with E-state index in [-0.39, 0.29) is 30.5 Å². The molecule has 1 aliphatic heterocycles. The Morgan fingerprint density at radius 2 is 2.00 bits per heavy atom. The molecule has 2 heterocycles. The topological polar surface area (TPSA) is 66.9 Å². The van der Waals surface area contributed by atoms with Gasteiger partial charge in [0, 0.05) is 23.6 Å². The fourth-order valence-corrected chi connectivity index (χ4v) is 4.78. The molecule has 0 fully saturated rings. The number of aromatic amines is 1. The summed E-state index contributed by atoms with van der Waals surface area (Å²) in [5.41, 5.74) is 1.72. The molecule has 0 spiro atoms. The van der Waals surface area contributed by atoms with Crippen LogP contribution in [-0.4, -0.2) is 21.2 Å². The average Bonchev–Trinajstić information content (AvgIpc) is 2.68. The summed E-state index contributed by atoms with van der Waals surface area (Å²) in [7, 11) is 0. The fourth-order valence-electron chi connectivity index (χ4n) is 3.37. The molecule has 1 unspecified atom stereocenters. The number of amides is 1. The monoisotopic (exact) mass is 397 g/mol. The summed E-state index contributed by atoms with van der Waals surface area (Å²) in [6.07, 6.45) is 1.12. The van der Waals surface area contributed by atoms with Gasteiger partial charge in [-0.2, -0.15) is 0 Å². The molecule has 1 amide bonds. The number of nitrogens with zero attached hydrogens (tertiary/aromatic N) is 1. The van der Waals surface area contributed by atoms with Gasteiger partial charge in [-0.3, -0.25) is 14.2 Å². The Labute approximate surface area is 165 Å². The molecule has 27 heavy (non-hydrogen) atoms. The maximum absolute atomic E-state index is 12.7. The zero-order valence-corrected chi connectivity index (χ0v) is 16.2. The van der Waals surface area contributed by atoms with Crippen LogP contribution in [0.1, 0.15) is 24.4 Å².